The molecule has 0 amide bonds. The highest BCUT2D eigenvalue weighted by atomic mass is 16.5. The van der Waals surface area contributed by atoms with E-state index in [1.165, 1.54) is 35.6 Å². The van der Waals surface area contributed by atoms with Crippen molar-refractivity contribution in [3.8, 4) is 0 Å². The molecule has 1 heterocycles. The van der Waals surface area contributed by atoms with Crippen LogP contribution < -0.4 is 5.32 Å². The lowest BCUT2D eigenvalue weighted by Gasteiger charge is -2.43. The number of rotatable bonds is 5. The Labute approximate surface area is 120 Å². The van der Waals surface area contributed by atoms with E-state index in [-0.39, 0.29) is 5.60 Å². The summed E-state index contributed by atoms with van der Waals surface area (Å²) in [5.41, 5.74) is 1.42. The van der Waals surface area contributed by atoms with Crippen LogP contribution in [-0.4, -0.2) is 24.7 Å². The van der Waals surface area contributed by atoms with Crippen molar-refractivity contribution in [3.63, 3.8) is 0 Å². The number of hydrogen-bond acceptors (Lipinski definition) is 3. The van der Waals surface area contributed by atoms with Crippen molar-refractivity contribution in [1.82, 2.24) is 10.3 Å². The van der Waals surface area contributed by atoms with Crippen LogP contribution in [0.15, 0.2) is 36.7 Å². The van der Waals surface area contributed by atoms with Gasteiger partial charge in [-0.05, 0) is 49.7 Å². The van der Waals surface area contributed by atoms with Gasteiger partial charge < -0.3 is 10.1 Å². The average Bonchev–Trinajstić information content (AvgIpc) is 2.47. The Morgan fingerprint density at radius 1 is 1.35 bits per heavy atom. The molecule has 1 aliphatic rings. The minimum absolute atomic E-state index is 0.0723. The SMILES string of the molecule is CNC(CC1(OC)CCC1)c1cccc2cnccc12. The molecule has 3 heteroatoms. The first kappa shape index (κ1) is 13.5. The van der Waals surface area contributed by atoms with E-state index < -0.39 is 0 Å². The van der Waals surface area contributed by atoms with Crippen molar-refractivity contribution < 1.29 is 4.74 Å². The van der Waals surface area contributed by atoms with Crippen LogP contribution in [0.4, 0.5) is 0 Å². The summed E-state index contributed by atoms with van der Waals surface area (Å²) in [6.07, 6.45) is 8.46. The summed E-state index contributed by atoms with van der Waals surface area (Å²) in [6.45, 7) is 0. The molecule has 0 bridgehead atoms. The number of nitrogens with zero attached hydrogens (tertiary/aromatic N) is 1. The number of ether oxygens (including phenoxy) is 1. The van der Waals surface area contributed by atoms with Gasteiger partial charge in [0.1, 0.15) is 0 Å². The molecular weight excluding hydrogens is 248 g/mol. The van der Waals surface area contributed by atoms with Crippen molar-refractivity contribution in [2.45, 2.75) is 37.3 Å². The smallest absolute Gasteiger partial charge is 0.0697 e. The maximum Gasteiger partial charge on any atom is 0.0697 e. The van der Waals surface area contributed by atoms with Crippen molar-refractivity contribution in [2.24, 2.45) is 0 Å². The van der Waals surface area contributed by atoms with Crippen molar-refractivity contribution in [3.05, 3.63) is 42.2 Å². The third kappa shape index (κ3) is 2.32. The van der Waals surface area contributed by atoms with Gasteiger partial charge in [-0.15, -0.1) is 0 Å². The Hall–Kier alpha value is -1.45. The van der Waals surface area contributed by atoms with Crippen molar-refractivity contribution in [1.29, 1.82) is 0 Å². The molecule has 2 aromatic rings. The zero-order valence-corrected chi connectivity index (χ0v) is 12.2. The second-order valence-electron chi connectivity index (χ2n) is 5.73. The Morgan fingerprint density at radius 3 is 2.85 bits per heavy atom. The zero-order valence-electron chi connectivity index (χ0n) is 12.2. The summed E-state index contributed by atoms with van der Waals surface area (Å²) in [5.74, 6) is 0. The van der Waals surface area contributed by atoms with E-state index in [1.807, 2.05) is 26.6 Å². The topological polar surface area (TPSA) is 34.1 Å². The maximum atomic E-state index is 5.79. The first-order chi connectivity index (χ1) is 9.78. The lowest BCUT2D eigenvalue weighted by atomic mass is 9.74. The normalized spacial score (nSPS) is 18.7. The first-order valence-corrected chi connectivity index (χ1v) is 7.33. The fourth-order valence-electron chi connectivity index (χ4n) is 3.25. The van der Waals surface area contributed by atoms with Gasteiger partial charge in [-0.25, -0.2) is 0 Å². The molecule has 1 saturated carbocycles. The Kier molecular flexibility index (Phi) is 3.72. The summed E-state index contributed by atoms with van der Waals surface area (Å²) < 4.78 is 5.79. The predicted molar refractivity (Wildman–Crippen MR) is 81.8 cm³/mol. The van der Waals surface area contributed by atoms with E-state index in [9.17, 15) is 0 Å². The summed E-state index contributed by atoms with van der Waals surface area (Å²) in [4.78, 5) is 4.21. The Bertz CT molecular complexity index is 582. The number of fused-ring (bicyclic) bond motifs is 1. The number of nitrogens with one attached hydrogen (secondary N) is 1. The second-order valence-corrected chi connectivity index (χ2v) is 5.73. The molecule has 1 aromatic carbocycles. The van der Waals surface area contributed by atoms with Crippen LogP contribution >= 0.6 is 0 Å². The van der Waals surface area contributed by atoms with Gasteiger partial charge in [-0.3, -0.25) is 4.98 Å². The fraction of sp³-hybridized carbons (Fsp3) is 0.471. The average molecular weight is 270 g/mol. The number of hydrogen-bond donors (Lipinski definition) is 1. The minimum Gasteiger partial charge on any atom is -0.378 e. The van der Waals surface area contributed by atoms with Gasteiger partial charge in [0.15, 0.2) is 0 Å². The highest BCUT2D eigenvalue weighted by Gasteiger charge is 2.39. The van der Waals surface area contributed by atoms with Crippen LogP contribution in [0.2, 0.25) is 0 Å². The molecule has 1 atom stereocenters. The first-order valence-electron chi connectivity index (χ1n) is 7.33. The van der Waals surface area contributed by atoms with E-state index in [1.54, 1.807) is 0 Å². The summed E-state index contributed by atoms with van der Waals surface area (Å²) in [5, 5.41) is 5.95. The molecule has 1 aliphatic carbocycles. The fourth-order valence-corrected chi connectivity index (χ4v) is 3.25. The molecular formula is C17H22N2O. The minimum atomic E-state index is 0.0723. The molecule has 3 nitrogen and oxygen atoms in total. The van der Waals surface area contributed by atoms with Crippen LogP contribution in [0.3, 0.4) is 0 Å². The van der Waals surface area contributed by atoms with Gasteiger partial charge in [-0.1, -0.05) is 18.2 Å². The molecule has 0 spiro atoms. The van der Waals surface area contributed by atoms with Crippen LogP contribution in [0, 0.1) is 0 Å². The molecule has 1 unspecified atom stereocenters. The lowest BCUT2D eigenvalue weighted by Crippen LogP contribution is -2.42. The molecule has 1 fully saturated rings. The van der Waals surface area contributed by atoms with Crippen LogP contribution in [-0.2, 0) is 4.74 Å². The van der Waals surface area contributed by atoms with E-state index >= 15 is 0 Å². The van der Waals surface area contributed by atoms with Gasteiger partial charge in [0, 0.05) is 30.9 Å². The third-order valence-electron chi connectivity index (χ3n) is 4.71. The van der Waals surface area contributed by atoms with E-state index in [0.29, 0.717) is 6.04 Å². The number of pyridine rings is 1. The quantitative estimate of drug-likeness (QED) is 0.903. The van der Waals surface area contributed by atoms with Crippen molar-refractivity contribution >= 4 is 10.8 Å². The molecule has 3 rings (SSSR count). The van der Waals surface area contributed by atoms with Crippen LogP contribution in [0.5, 0.6) is 0 Å². The van der Waals surface area contributed by atoms with Gasteiger partial charge in [0.2, 0.25) is 0 Å². The van der Waals surface area contributed by atoms with Crippen molar-refractivity contribution in [2.75, 3.05) is 14.2 Å². The van der Waals surface area contributed by atoms with Gasteiger partial charge >= 0.3 is 0 Å². The summed E-state index contributed by atoms with van der Waals surface area (Å²) in [6, 6.07) is 8.87. The van der Waals surface area contributed by atoms with Crippen LogP contribution in [0.25, 0.3) is 10.8 Å². The van der Waals surface area contributed by atoms with E-state index in [2.05, 4.69) is 34.6 Å². The molecule has 20 heavy (non-hydrogen) atoms. The highest BCUT2D eigenvalue weighted by Crippen LogP contribution is 2.42. The highest BCUT2D eigenvalue weighted by molar-refractivity contribution is 5.85. The predicted octanol–water partition coefficient (Wildman–Crippen LogP) is 3.45. The number of methoxy groups -OCH3 is 1. The summed E-state index contributed by atoms with van der Waals surface area (Å²) in [7, 11) is 3.88. The zero-order chi connectivity index (χ0) is 14.0. The largest absolute Gasteiger partial charge is 0.378 e. The molecule has 0 aliphatic heterocycles. The molecule has 1 N–H and O–H groups in total. The molecule has 0 radical (unpaired) electrons. The molecule has 106 valence electrons. The monoisotopic (exact) mass is 270 g/mol. The maximum absolute atomic E-state index is 5.79. The number of aromatic nitrogens is 1. The third-order valence-corrected chi connectivity index (χ3v) is 4.71. The Morgan fingerprint density at radius 2 is 2.20 bits per heavy atom. The van der Waals surface area contributed by atoms with E-state index in [4.69, 9.17) is 4.74 Å². The van der Waals surface area contributed by atoms with Gasteiger partial charge in [-0.2, -0.15) is 0 Å². The Balaban J connectivity index is 1.95. The lowest BCUT2D eigenvalue weighted by molar-refractivity contribution is -0.0833. The summed E-state index contributed by atoms with van der Waals surface area (Å²) >= 11 is 0. The van der Waals surface area contributed by atoms with Gasteiger partial charge in [0.05, 0.1) is 5.60 Å². The van der Waals surface area contributed by atoms with E-state index in [0.717, 1.165) is 6.42 Å². The molecule has 0 saturated heterocycles. The second kappa shape index (κ2) is 5.51. The standard InChI is InChI=1S/C17H22N2O/c1-18-16(11-17(20-2)8-4-9-17)15-6-3-5-13-12-19-10-7-14(13)15/h3,5-7,10,12,16,18H,4,8-9,11H2,1-2H3. The van der Waals surface area contributed by atoms with Gasteiger partial charge in [0.25, 0.3) is 0 Å². The molecule has 1 aromatic heterocycles. The number of benzene rings is 1. The van der Waals surface area contributed by atoms with Crippen LogP contribution in [0.1, 0.15) is 37.3 Å².